The Labute approximate surface area is 184 Å². The lowest BCUT2D eigenvalue weighted by Gasteiger charge is -2.17. The lowest BCUT2D eigenvalue weighted by atomic mass is 10.1. The minimum atomic E-state index is -0.523. The van der Waals surface area contributed by atoms with Gasteiger partial charge in [-0.2, -0.15) is 4.98 Å². The van der Waals surface area contributed by atoms with E-state index >= 15 is 0 Å². The number of nitrogens with one attached hydrogen (secondary N) is 1. The molecule has 0 saturated carbocycles. The van der Waals surface area contributed by atoms with Crippen molar-refractivity contribution < 1.29 is 23.6 Å². The SMILES string of the molecule is CCOC(=O)c1cccc(NC(=O)[C@H]2CC(=O)N(c3cccc(-c4noc(C)n4)c3)C2)c1. The summed E-state index contributed by atoms with van der Waals surface area (Å²) in [6, 6.07) is 13.8. The largest absolute Gasteiger partial charge is 0.462 e. The van der Waals surface area contributed by atoms with E-state index in [9.17, 15) is 14.4 Å². The van der Waals surface area contributed by atoms with Crippen LogP contribution in [0.1, 0.15) is 29.6 Å². The molecule has 0 unspecified atom stereocenters. The van der Waals surface area contributed by atoms with Crippen molar-refractivity contribution in [1.82, 2.24) is 10.1 Å². The van der Waals surface area contributed by atoms with Crippen LogP contribution in [0, 0.1) is 12.8 Å². The average molecular weight is 434 g/mol. The predicted octanol–water partition coefficient (Wildman–Crippen LogP) is 3.21. The van der Waals surface area contributed by atoms with Gasteiger partial charge in [0.15, 0.2) is 0 Å². The molecule has 9 nitrogen and oxygen atoms in total. The van der Waals surface area contributed by atoms with Gasteiger partial charge in [-0.15, -0.1) is 0 Å². The number of hydrogen-bond donors (Lipinski definition) is 1. The first-order chi connectivity index (χ1) is 15.4. The van der Waals surface area contributed by atoms with Gasteiger partial charge in [0.25, 0.3) is 0 Å². The number of benzene rings is 2. The summed E-state index contributed by atoms with van der Waals surface area (Å²) >= 11 is 0. The molecule has 1 atom stereocenters. The van der Waals surface area contributed by atoms with Crippen molar-refractivity contribution in [3.63, 3.8) is 0 Å². The zero-order valence-electron chi connectivity index (χ0n) is 17.7. The lowest BCUT2D eigenvalue weighted by Crippen LogP contribution is -2.28. The van der Waals surface area contributed by atoms with Crippen LogP contribution in [0.2, 0.25) is 0 Å². The van der Waals surface area contributed by atoms with Gasteiger partial charge in [-0.3, -0.25) is 9.59 Å². The van der Waals surface area contributed by atoms with E-state index in [0.29, 0.717) is 28.7 Å². The minimum Gasteiger partial charge on any atom is -0.462 e. The number of nitrogens with zero attached hydrogens (tertiary/aromatic N) is 3. The molecule has 1 aliphatic rings. The highest BCUT2D eigenvalue weighted by Crippen LogP contribution is 2.29. The van der Waals surface area contributed by atoms with E-state index in [-0.39, 0.29) is 31.4 Å². The molecule has 164 valence electrons. The van der Waals surface area contributed by atoms with E-state index in [1.807, 2.05) is 6.07 Å². The Bertz CT molecular complexity index is 1170. The molecule has 0 spiro atoms. The van der Waals surface area contributed by atoms with Gasteiger partial charge in [0.1, 0.15) is 0 Å². The van der Waals surface area contributed by atoms with Gasteiger partial charge in [0.2, 0.25) is 23.5 Å². The highest BCUT2D eigenvalue weighted by Gasteiger charge is 2.35. The van der Waals surface area contributed by atoms with Crippen LogP contribution >= 0.6 is 0 Å². The third-order valence-corrected chi connectivity index (χ3v) is 5.08. The zero-order chi connectivity index (χ0) is 22.7. The summed E-state index contributed by atoms with van der Waals surface area (Å²) in [6.07, 6.45) is 0.0922. The molecule has 4 rings (SSSR count). The molecule has 2 amide bonds. The Kier molecular flexibility index (Phi) is 5.98. The number of aromatic nitrogens is 2. The van der Waals surface area contributed by atoms with Gasteiger partial charge in [0.05, 0.1) is 18.1 Å². The molecule has 1 aliphatic heterocycles. The van der Waals surface area contributed by atoms with Crippen molar-refractivity contribution >= 4 is 29.2 Å². The van der Waals surface area contributed by atoms with E-state index in [2.05, 4.69) is 15.5 Å². The van der Waals surface area contributed by atoms with E-state index in [1.165, 1.54) is 0 Å². The summed E-state index contributed by atoms with van der Waals surface area (Å²) in [5.41, 5.74) is 2.20. The van der Waals surface area contributed by atoms with Gasteiger partial charge in [-0.1, -0.05) is 23.4 Å². The highest BCUT2D eigenvalue weighted by molar-refractivity contribution is 6.04. The monoisotopic (exact) mass is 434 g/mol. The van der Waals surface area contributed by atoms with E-state index < -0.39 is 11.9 Å². The molecule has 0 bridgehead atoms. The van der Waals surface area contributed by atoms with Crippen LogP contribution in [-0.2, 0) is 14.3 Å². The Hall–Kier alpha value is -4.01. The van der Waals surface area contributed by atoms with Crippen molar-refractivity contribution in [2.45, 2.75) is 20.3 Å². The average Bonchev–Trinajstić information content (AvgIpc) is 3.40. The first-order valence-electron chi connectivity index (χ1n) is 10.2. The van der Waals surface area contributed by atoms with Crippen LogP contribution in [0.3, 0.4) is 0 Å². The third-order valence-electron chi connectivity index (χ3n) is 5.08. The Morgan fingerprint density at radius 1 is 1.22 bits per heavy atom. The molecule has 2 heterocycles. The molecule has 1 saturated heterocycles. The fourth-order valence-electron chi connectivity index (χ4n) is 3.54. The van der Waals surface area contributed by atoms with E-state index in [0.717, 1.165) is 5.56 Å². The predicted molar refractivity (Wildman–Crippen MR) is 116 cm³/mol. The molecule has 0 radical (unpaired) electrons. The topological polar surface area (TPSA) is 115 Å². The maximum atomic E-state index is 12.8. The van der Waals surface area contributed by atoms with Crippen LogP contribution in [0.25, 0.3) is 11.4 Å². The molecule has 1 aromatic heterocycles. The molecule has 3 aromatic rings. The molecule has 32 heavy (non-hydrogen) atoms. The maximum absolute atomic E-state index is 12.8. The van der Waals surface area contributed by atoms with Gasteiger partial charge in [-0.25, -0.2) is 4.79 Å². The summed E-state index contributed by atoms with van der Waals surface area (Å²) in [7, 11) is 0. The van der Waals surface area contributed by atoms with Gasteiger partial charge < -0.3 is 19.5 Å². The van der Waals surface area contributed by atoms with Crippen molar-refractivity contribution in [2.75, 3.05) is 23.4 Å². The molecular weight excluding hydrogens is 412 g/mol. The number of rotatable bonds is 6. The second-order valence-corrected chi connectivity index (χ2v) is 7.38. The first kappa shape index (κ1) is 21.2. The summed E-state index contributed by atoms with van der Waals surface area (Å²) in [6.45, 7) is 3.95. The number of carbonyl (C=O) groups excluding carboxylic acids is 3. The zero-order valence-corrected chi connectivity index (χ0v) is 17.7. The number of esters is 1. The summed E-state index contributed by atoms with van der Waals surface area (Å²) in [5, 5.41) is 6.70. The summed E-state index contributed by atoms with van der Waals surface area (Å²) < 4.78 is 10.0. The Morgan fingerprint density at radius 3 is 2.78 bits per heavy atom. The fourth-order valence-corrected chi connectivity index (χ4v) is 3.54. The molecule has 2 aromatic carbocycles. The van der Waals surface area contributed by atoms with E-state index in [4.69, 9.17) is 9.26 Å². The maximum Gasteiger partial charge on any atom is 0.338 e. The Morgan fingerprint density at radius 2 is 2.03 bits per heavy atom. The quantitative estimate of drug-likeness (QED) is 0.593. The van der Waals surface area contributed by atoms with Crippen LogP contribution < -0.4 is 10.2 Å². The Balaban J connectivity index is 1.45. The second kappa shape index (κ2) is 9.01. The normalized spacial score (nSPS) is 15.6. The lowest BCUT2D eigenvalue weighted by molar-refractivity contribution is -0.122. The first-order valence-corrected chi connectivity index (χ1v) is 10.2. The smallest absolute Gasteiger partial charge is 0.338 e. The number of hydrogen-bond acceptors (Lipinski definition) is 7. The molecule has 9 heteroatoms. The fraction of sp³-hybridized carbons (Fsp3) is 0.261. The standard InChI is InChI=1S/C23H22N4O5/c1-3-31-23(30)16-7-4-8-18(10-16)25-22(29)17-12-20(28)27(13-17)19-9-5-6-15(11-19)21-24-14(2)32-26-21/h4-11,17H,3,12-13H2,1-2H3,(H,25,29)/t17-/m0/s1. The number of anilines is 2. The van der Waals surface area contributed by atoms with Crippen molar-refractivity contribution in [3.05, 3.63) is 60.0 Å². The summed E-state index contributed by atoms with van der Waals surface area (Å²) in [4.78, 5) is 43.1. The van der Waals surface area contributed by atoms with E-state index in [1.54, 1.807) is 61.2 Å². The molecular formula is C23H22N4O5. The van der Waals surface area contributed by atoms with Crippen LogP contribution in [0.5, 0.6) is 0 Å². The summed E-state index contributed by atoms with van der Waals surface area (Å²) in [5.74, 6) is -0.524. The molecule has 0 aliphatic carbocycles. The van der Waals surface area contributed by atoms with Gasteiger partial charge in [-0.05, 0) is 37.3 Å². The third kappa shape index (κ3) is 4.51. The number of aryl methyl sites for hydroxylation is 1. The molecule has 1 N–H and O–H groups in total. The van der Waals surface area contributed by atoms with Crippen molar-refractivity contribution in [2.24, 2.45) is 5.92 Å². The number of carbonyl (C=O) groups is 3. The second-order valence-electron chi connectivity index (χ2n) is 7.38. The minimum absolute atomic E-state index is 0.0922. The highest BCUT2D eigenvalue weighted by atomic mass is 16.5. The number of ether oxygens (including phenoxy) is 1. The van der Waals surface area contributed by atoms with Gasteiger partial charge >= 0.3 is 5.97 Å². The van der Waals surface area contributed by atoms with Crippen LogP contribution in [0.4, 0.5) is 11.4 Å². The van der Waals surface area contributed by atoms with Crippen molar-refractivity contribution in [3.8, 4) is 11.4 Å². The van der Waals surface area contributed by atoms with Crippen LogP contribution in [0.15, 0.2) is 53.1 Å². The van der Waals surface area contributed by atoms with Gasteiger partial charge in [0, 0.05) is 36.8 Å². The molecule has 1 fully saturated rings. The van der Waals surface area contributed by atoms with Crippen molar-refractivity contribution in [1.29, 1.82) is 0 Å². The van der Waals surface area contributed by atoms with Crippen LogP contribution in [-0.4, -0.2) is 41.1 Å². The number of amides is 2.